The second-order valence-corrected chi connectivity index (χ2v) is 5.94. The molecule has 1 heterocycles. The van der Waals surface area contributed by atoms with Crippen molar-refractivity contribution < 1.29 is 19.4 Å². The second kappa shape index (κ2) is 4.59. The first-order chi connectivity index (χ1) is 9.16. The van der Waals surface area contributed by atoms with Gasteiger partial charge in [-0.3, -0.25) is 9.69 Å². The molecule has 0 spiro atoms. The maximum Gasteiger partial charge on any atom is 0.365 e. The van der Waals surface area contributed by atoms with E-state index in [0.29, 0.717) is 5.56 Å². The second-order valence-electron chi connectivity index (χ2n) is 5.94. The topological polar surface area (TPSA) is 66.8 Å². The summed E-state index contributed by atoms with van der Waals surface area (Å²) < 4.78 is 5.28. The molecular weight excluding hydrogens is 258 g/mol. The first-order valence-corrected chi connectivity index (χ1v) is 6.48. The predicted molar refractivity (Wildman–Crippen MR) is 72.4 cm³/mol. The quantitative estimate of drug-likeness (QED) is 0.791. The number of ether oxygens (including phenoxy) is 1. The molecule has 0 bridgehead atoms. The molecule has 5 nitrogen and oxygen atoms in total. The Balaban J connectivity index is 2.48. The number of rotatable bonds is 1. The smallest absolute Gasteiger partial charge is 0.365 e. The molecule has 1 aliphatic rings. The summed E-state index contributed by atoms with van der Waals surface area (Å²) in [6, 6.07) is 6.95. The van der Waals surface area contributed by atoms with Gasteiger partial charge >= 0.3 is 5.97 Å². The van der Waals surface area contributed by atoms with Gasteiger partial charge in [-0.15, -0.1) is 0 Å². The monoisotopic (exact) mass is 277 g/mol. The molecule has 1 aliphatic heterocycles. The Labute approximate surface area is 118 Å². The lowest BCUT2D eigenvalue weighted by molar-refractivity contribution is -0.203. The molecule has 1 amide bonds. The van der Waals surface area contributed by atoms with Gasteiger partial charge in [-0.05, 0) is 26.3 Å². The Bertz CT molecular complexity index is 561. The van der Waals surface area contributed by atoms with Gasteiger partial charge < -0.3 is 9.84 Å². The molecular formula is C15H19NO4. The van der Waals surface area contributed by atoms with Gasteiger partial charge in [0, 0.05) is 19.0 Å². The van der Waals surface area contributed by atoms with Crippen LogP contribution in [0.25, 0.3) is 0 Å². The normalized spacial score (nSPS) is 21.6. The highest BCUT2D eigenvalue weighted by Crippen LogP contribution is 2.39. The Kier molecular flexibility index (Phi) is 3.34. The van der Waals surface area contributed by atoms with Crippen LogP contribution in [0, 0.1) is 0 Å². The van der Waals surface area contributed by atoms with Crippen molar-refractivity contribution in [2.45, 2.75) is 45.6 Å². The summed E-state index contributed by atoms with van der Waals surface area (Å²) in [5.41, 5.74) is -1.64. The number of hydrogen-bond donors (Lipinski definition) is 1. The minimum Gasteiger partial charge on any atom is -0.456 e. The summed E-state index contributed by atoms with van der Waals surface area (Å²) in [6.45, 7) is 6.66. The van der Waals surface area contributed by atoms with Crippen LogP contribution in [-0.2, 0) is 26.6 Å². The van der Waals surface area contributed by atoms with E-state index in [1.165, 1.54) is 6.92 Å². The van der Waals surface area contributed by atoms with E-state index >= 15 is 0 Å². The van der Waals surface area contributed by atoms with Gasteiger partial charge in [-0.2, -0.15) is 0 Å². The molecule has 0 saturated heterocycles. The average molecular weight is 277 g/mol. The van der Waals surface area contributed by atoms with Gasteiger partial charge in [-0.25, -0.2) is 4.79 Å². The molecule has 1 unspecified atom stereocenters. The number of hydrogen-bond acceptors (Lipinski definition) is 4. The molecule has 1 atom stereocenters. The van der Waals surface area contributed by atoms with Crippen LogP contribution in [0.3, 0.4) is 0 Å². The van der Waals surface area contributed by atoms with Crippen LogP contribution < -0.4 is 0 Å². The van der Waals surface area contributed by atoms with Gasteiger partial charge in [0.05, 0.1) is 0 Å². The number of carbonyl (C=O) groups excluding carboxylic acids is 2. The van der Waals surface area contributed by atoms with Crippen LogP contribution in [0.5, 0.6) is 0 Å². The Morgan fingerprint density at radius 1 is 1.30 bits per heavy atom. The molecule has 20 heavy (non-hydrogen) atoms. The van der Waals surface area contributed by atoms with Crippen molar-refractivity contribution in [2.75, 3.05) is 0 Å². The van der Waals surface area contributed by atoms with Crippen LogP contribution in [0.1, 0.15) is 38.8 Å². The third kappa shape index (κ3) is 2.29. The van der Waals surface area contributed by atoms with Gasteiger partial charge in [0.25, 0.3) is 5.72 Å². The standard InChI is InChI=1S/C15H19NO4/c1-10(17)16-9-11-7-5-6-8-12(11)15(16,19)13(18)20-14(2,3)4/h5-8,19H,9H2,1-4H3. The molecule has 2 rings (SSSR count). The van der Waals surface area contributed by atoms with Crippen molar-refractivity contribution in [2.24, 2.45) is 0 Å². The zero-order chi connectivity index (χ0) is 15.1. The highest BCUT2D eigenvalue weighted by Gasteiger charge is 2.53. The van der Waals surface area contributed by atoms with E-state index in [2.05, 4.69) is 0 Å². The summed E-state index contributed by atoms with van der Waals surface area (Å²) >= 11 is 0. The van der Waals surface area contributed by atoms with E-state index in [9.17, 15) is 14.7 Å². The Morgan fingerprint density at radius 2 is 1.90 bits per heavy atom. The molecule has 1 aromatic carbocycles. The van der Waals surface area contributed by atoms with Gasteiger partial charge in [-0.1, -0.05) is 24.3 Å². The highest BCUT2D eigenvalue weighted by atomic mass is 16.6. The first-order valence-electron chi connectivity index (χ1n) is 6.48. The number of benzene rings is 1. The zero-order valence-electron chi connectivity index (χ0n) is 12.1. The Hall–Kier alpha value is -1.88. The molecule has 1 N–H and O–H groups in total. The van der Waals surface area contributed by atoms with Crippen LogP contribution in [-0.4, -0.2) is 27.5 Å². The molecule has 0 aromatic heterocycles. The number of aliphatic hydroxyl groups is 1. The molecule has 5 heteroatoms. The molecule has 0 saturated carbocycles. The van der Waals surface area contributed by atoms with Crippen LogP contribution in [0.15, 0.2) is 24.3 Å². The Morgan fingerprint density at radius 3 is 2.45 bits per heavy atom. The summed E-state index contributed by atoms with van der Waals surface area (Å²) in [5.74, 6) is -1.21. The first kappa shape index (κ1) is 14.5. The molecule has 0 fully saturated rings. The average Bonchev–Trinajstić information content (AvgIpc) is 2.63. The van der Waals surface area contributed by atoms with E-state index in [-0.39, 0.29) is 12.5 Å². The van der Waals surface area contributed by atoms with Crippen molar-refractivity contribution in [1.29, 1.82) is 0 Å². The molecule has 108 valence electrons. The van der Waals surface area contributed by atoms with Gasteiger partial charge in [0.15, 0.2) is 0 Å². The van der Waals surface area contributed by atoms with E-state index in [4.69, 9.17) is 4.74 Å². The van der Waals surface area contributed by atoms with Crippen molar-refractivity contribution in [3.8, 4) is 0 Å². The largest absolute Gasteiger partial charge is 0.456 e. The third-order valence-corrected chi connectivity index (χ3v) is 3.18. The van der Waals surface area contributed by atoms with Gasteiger partial charge in [0.1, 0.15) is 5.60 Å². The van der Waals surface area contributed by atoms with Gasteiger partial charge in [0.2, 0.25) is 5.91 Å². The summed E-state index contributed by atoms with van der Waals surface area (Å²) in [4.78, 5) is 25.3. The van der Waals surface area contributed by atoms with Crippen molar-refractivity contribution in [1.82, 2.24) is 4.90 Å². The van der Waals surface area contributed by atoms with E-state index in [1.807, 2.05) is 0 Å². The number of fused-ring (bicyclic) bond motifs is 1. The van der Waals surface area contributed by atoms with Crippen molar-refractivity contribution >= 4 is 11.9 Å². The number of esters is 1. The maximum atomic E-state index is 12.4. The van der Waals surface area contributed by atoms with E-state index in [0.717, 1.165) is 10.5 Å². The minimum absolute atomic E-state index is 0.196. The molecule has 1 aromatic rings. The van der Waals surface area contributed by atoms with Crippen molar-refractivity contribution in [3.05, 3.63) is 35.4 Å². The molecule has 0 radical (unpaired) electrons. The fourth-order valence-electron chi connectivity index (χ4n) is 2.34. The lowest BCUT2D eigenvalue weighted by Crippen LogP contribution is -2.52. The fourth-order valence-corrected chi connectivity index (χ4v) is 2.34. The lowest BCUT2D eigenvalue weighted by atomic mass is 10.0. The van der Waals surface area contributed by atoms with Crippen LogP contribution in [0.4, 0.5) is 0 Å². The predicted octanol–water partition coefficient (Wildman–Crippen LogP) is 1.54. The van der Waals surface area contributed by atoms with E-state index in [1.54, 1.807) is 45.0 Å². The lowest BCUT2D eigenvalue weighted by Gasteiger charge is -2.33. The molecule has 0 aliphatic carbocycles. The maximum absolute atomic E-state index is 12.4. The van der Waals surface area contributed by atoms with Crippen molar-refractivity contribution in [3.63, 3.8) is 0 Å². The SMILES string of the molecule is CC(=O)N1Cc2ccccc2C1(O)C(=O)OC(C)(C)C. The number of amides is 1. The zero-order valence-corrected chi connectivity index (χ0v) is 12.1. The summed E-state index contributed by atoms with van der Waals surface area (Å²) in [7, 11) is 0. The van der Waals surface area contributed by atoms with E-state index < -0.39 is 17.3 Å². The minimum atomic E-state index is -2.05. The summed E-state index contributed by atoms with van der Waals surface area (Å²) in [6.07, 6.45) is 0. The number of nitrogens with zero attached hydrogens (tertiary/aromatic N) is 1. The van der Waals surface area contributed by atoms with Crippen LogP contribution in [0.2, 0.25) is 0 Å². The fraction of sp³-hybridized carbons (Fsp3) is 0.467. The summed E-state index contributed by atoms with van der Waals surface area (Å²) in [5, 5.41) is 10.8. The highest BCUT2D eigenvalue weighted by molar-refractivity contribution is 5.88. The number of carbonyl (C=O) groups is 2. The van der Waals surface area contributed by atoms with Crippen LogP contribution >= 0.6 is 0 Å². The third-order valence-electron chi connectivity index (χ3n) is 3.18.